The predicted octanol–water partition coefficient (Wildman–Crippen LogP) is 3.93. The molecule has 1 saturated heterocycles. The molecule has 1 heterocycles. The van der Waals surface area contributed by atoms with E-state index in [9.17, 15) is 9.59 Å². The SMILES string of the molecule is CC1(C)CN(C(=O)c2ccc(NC(=O)Nc3ccccc3)cc2)CC(C)(C)N1. The van der Waals surface area contributed by atoms with Crippen molar-refractivity contribution in [3.63, 3.8) is 0 Å². The number of para-hydroxylation sites is 1. The Labute approximate surface area is 166 Å². The summed E-state index contributed by atoms with van der Waals surface area (Å²) in [4.78, 5) is 26.9. The highest BCUT2D eigenvalue weighted by molar-refractivity contribution is 6.00. The third kappa shape index (κ3) is 5.10. The van der Waals surface area contributed by atoms with Crippen LogP contribution in [0.4, 0.5) is 16.2 Å². The monoisotopic (exact) mass is 380 g/mol. The predicted molar refractivity (Wildman–Crippen MR) is 113 cm³/mol. The lowest BCUT2D eigenvalue weighted by atomic mass is 9.91. The maximum Gasteiger partial charge on any atom is 0.323 e. The van der Waals surface area contributed by atoms with Gasteiger partial charge < -0.3 is 20.9 Å². The molecule has 2 aromatic rings. The lowest BCUT2D eigenvalue weighted by Crippen LogP contribution is -2.67. The number of urea groups is 1. The molecule has 1 fully saturated rings. The van der Waals surface area contributed by atoms with E-state index >= 15 is 0 Å². The number of piperazine rings is 1. The molecule has 0 bridgehead atoms. The van der Waals surface area contributed by atoms with Gasteiger partial charge in [-0.25, -0.2) is 4.79 Å². The van der Waals surface area contributed by atoms with E-state index < -0.39 is 0 Å². The maximum absolute atomic E-state index is 12.9. The highest BCUT2D eigenvalue weighted by Crippen LogP contribution is 2.23. The van der Waals surface area contributed by atoms with Crippen LogP contribution >= 0.6 is 0 Å². The smallest absolute Gasteiger partial charge is 0.323 e. The molecule has 1 aliphatic rings. The van der Waals surface area contributed by atoms with Crippen LogP contribution in [0, 0.1) is 0 Å². The second-order valence-electron chi connectivity index (χ2n) is 8.58. The number of benzene rings is 2. The fraction of sp³-hybridized carbons (Fsp3) is 0.364. The third-order valence-corrected chi connectivity index (χ3v) is 4.56. The van der Waals surface area contributed by atoms with Crippen molar-refractivity contribution < 1.29 is 9.59 Å². The minimum absolute atomic E-state index is 0.00272. The second-order valence-corrected chi connectivity index (χ2v) is 8.58. The summed E-state index contributed by atoms with van der Waals surface area (Å²) in [6.45, 7) is 9.71. The van der Waals surface area contributed by atoms with Gasteiger partial charge in [0, 0.05) is 41.1 Å². The minimum atomic E-state index is -0.323. The Morgan fingerprint density at radius 1 is 0.821 bits per heavy atom. The van der Waals surface area contributed by atoms with Gasteiger partial charge >= 0.3 is 6.03 Å². The average Bonchev–Trinajstić information content (AvgIpc) is 2.60. The summed E-state index contributed by atoms with van der Waals surface area (Å²) >= 11 is 0. The number of carbonyl (C=O) groups is 2. The van der Waals surface area contributed by atoms with Gasteiger partial charge in [0.25, 0.3) is 5.91 Å². The van der Waals surface area contributed by atoms with Crippen LogP contribution in [0.15, 0.2) is 54.6 Å². The van der Waals surface area contributed by atoms with Gasteiger partial charge in [-0.3, -0.25) is 4.79 Å². The number of amides is 3. The van der Waals surface area contributed by atoms with Crippen LogP contribution in [0.2, 0.25) is 0 Å². The molecular weight excluding hydrogens is 352 g/mol. The maximum atomic E-state index is 12.9. The topological polar surface area (TPSA) is 73.5 Å². The molecule has 3 amide bonds. The summed E-state index contributed by atoms with van der Waals surface area (Å²) in [5, 5.41) is 9.11. The molecule has 0 aromatic heterocycles. The molecule has 0 saturated carbocycles. The van der Waals surface area contributed by atoms with Gasteiger partial charge in [0.2, 0.25) is 0 Å². The van der Waals surface area contributed by atoms with Crippen LogP contribution in [0.1, 0.15) is 38.1 Å². The number of rotatable bonds is 3. The first kappa shape index (κ1) is 19.9. The van der Waals surface area contributed by atoms with Crippen molar-refractivity contribution in [3.05, 3.63) is 60.2 Å². The number of nitrogens with one attached hydrogen (secondary N) is 3. The van der Waals surface area contributed by atoms with Crippen LogP contribution in [0.3, 0.4) is 0 Å². The first-order chi connectivity index (χ1) is 13.1. The summed E-state index contributed by atoms with van der Waals surface area (Å²) in [5.74, 6) is 0.00272. The summed E-state index contributed by atoms with van der Waals surface area (Å²) in [6.07, 6.45) is 0. The molecule has 0 aliphatic carbocycles. The molecular formula is C22H28N4O2. The van der Waals surface area contributed by atoms with E-state index in [0.717, 1.165) is 5.69 Å². The van der Waals surface area contributed by atoms with E-state index in [0.29, 0.717) is 24.3 Å². The molecule has 3 rings (SSSR count). The van der Waals surface area contributed by atoms with Crippen LogP contribution in [0.5, 0.6) is 0 Å². The fourth-order valence-corrected chi connectivity index (χ4v) is 3.84. The van der Waals surface area contributed by atoms with Crippen LogP contribution < -0.4 is 16.0 Å². The molecule has 0 atom stereocenters. The zero-order valence-corrected chi connectivity index (χ0v) is 16.9. The average molecular weight is 380 g/mol. The zero-order valence-electron chi connectivity index (χ0n) is 16.9. The Hall–Kier alpha value is -2.86. The third-order valence-electron chi connectivity index (χ3n) is 4.56. The van der Waals surface area contributed by atoms with E-state index in [1.165, 1.54) is 0 Å². The minimum Gasteiger partial charge on any atom is -0.335 e. The van der Waals surface area contributed by atoms with Gasteiger partial charge in [-0.2, -0.15) is 0 Å². The second kappa shape index (κ2) is 7.64. The van der Waals surface area contributed by atoms with Crippen molar-refractivity contribution >= 4 is 23.3 Å². The van der Waals surface area contributed by atoms with E-state index in [2.05, 4.69) is 43.6 Å². The Morgan fingerprint density at radius 3 is 1.86 bits per heavy atom. The molecule has 148 valence electrons. The van der Waals surface area contributed by atoms with E-state index in [-0.39, 0.29) is 23.0 Å². The molecule has 0 unspecified atom stereocenters. The van der Waals surface area contributed by atoms with Crippen LogP contribution in [0.25, 0.3) is 0 Å². The van der Waals surface area contributed by atoms with Crippen molar-refractivity contribution in [1.29, 1.82) is 0 Å². The molecule has 3 N–H and O–H groups in total. The highest BCUT2D eigenvalue weighted by atomic mass is 16.2. The van der Waals surface area contributed by atoms with E-state index in [4.69, 9.17) is 0 Å². The van der Waals surface area contributed by atoms with Crippen LogP contribution in [-0.2, 0) is 0 Å². The van der Waals surface area contributed by atoms with Crippen molar-refractivity contribution in [2.45, 2.75) is 38.8 Å². The van der Waals surface area contributed by atoms with Gasteiger partial charge in [-0.1, -0.05) is 18.2 Å². The number of carbonyl (C=O) groups excluding carboxylic acids is 2. The number of nitrogens with zero attached hydrogens (tertiary/aromatic N) is 1. The number of hydrogen-bond donors (Lipinski definition) is 3. The molecule has 28 heavy (non-hydrogen) atoms. The van der Waals surface area contributed by atoms with E-state index in [1.54, 1.807) is 24.3 Å². The van der Waals surface area contributed by atoms with E-state index in [1.807, 2.05) is 35.2 Å². The molecule has 0 spiro atoms. The summed E-state index contributed by atoms with van der Waals surface area (Å²) < 4.78 is 0. The van der Waals surface area contributed by atoms with Gasteiger partial charge in [0.05, 0.1) is 0 Å². The fourth-order valence-electron chi connectivity index (χ4n) is 3.84. The lowest BCUT2D eigenvalue weighted by molar-refractivity contribution is 0.0472. The van der Waals surface area contributed by atoms with Gasteiger partial charge in [0.15, 0.2) is 0 Å². The van der Waals surface area contributed by atoms with Crippen molar-refractivity contribution in [2.75, 3.05) is 23.7 Å². The Balaban J connectivity index is 1.63. The first-order valence-corrected chi connectivity index (χ1v) is 9.45. The van der Waals surface area contributed by atoms with Crippen molar-refractivity contribution in [3.8, 4) is 0 Å². The van der Waals surface area contributed by atoms with Gasteiger partial charge in [-0.05, 0) is 64.1 Å². The van der Waals surface area contributed by atoms with Crippen molar-refractivity contribution in [2.24, 2.45) is 0 Å². The Morgan fingerprint density at radius 2 is 1.32 bits per heavy atom. The molecule has 2 aromatic carbocycles. The number of anilines is 2. The quantitative estimate of drug-likeness (QED) is 0.755. The van der Waals surface area contributed by atoms with Gasteiger partial charge in [-0.15, -0.1) is 0 Å². The summed E-state index contributed by atoms with van der Waals surface area (Å²) in [5.41, 5.74) is 1.67. The van der Waals surface area contributed by atoms with Crippen molar-refractivity contribution in [1.82, 2.24) is 10.2 Å². The van der Waals surface area contributed by atoms with Crippen LogP contribution in [-0.4, -0.2) is 41.0 Å². The van der Waals surface area contributed by atoms with Gasteiger partial charge in [0.1, 0.15) is 0 Å². The Bertz CT molecular complexity index is 829. The molecule has 6 nitrogen and oxygen atoms in total. The Kier molecular flexibility index (Phi) is 5.42. The molecule has 6 heteroatoms. The molecule has 0 radical (unpaired) electrons. The zero-order chi connectivity index (χ0) is 20.4. The summed E-state index contributed by atoms with van der Waals surface area (Å²) in [7, 11) is 0. The number of hydrogen-bond acceptors (Lipinski definition) is 3. The standard InChI is InChI=1S/C22H28N4O2/c1-21(2)14-26(15-22(3,4)25-21)19(27)16-10-12-18(13-11-16)24-20(28)23-17-8-6-5-7-9-17/h5-13,25H,14-15H2,1-4H3,(H2,23,24,28). The largest absolute Gasteiger partial charge is 0.335 e. The lowest BCUT2D eigenvalue weighted by Gasteiger charge is -2.48. The highest BCUT2D eigenvalue weighted by Gasteiger charge is 2.38. The molecule has 1 aliphatic heterocycles. The first-order valence-electron chi connectivity index (χ1n) is 9.45. The normalized spacial score (nSPS) is 17.6. The summed E-state index contributed by atoms with van der Waals surface area (Å²) in [6, 6.07) is 15.9.